The van der Waals surface area contributed by atoms with E-state index in [2.05, 4.69) is 187 Å². The predicted octanol–water partition coefficient (Wildman–Crippen LogP) is 13.6. The molecular formula is C53H34N4. The summed E-state index contributed by atoms with van der Waals surface area (Å²) in [6, 6.07) is 72.6. The molecule has 11 rings (SSSR count). The van der Waals surface area contributed by atoms with Crippen molar-refractivity contribution in [1.29, 1.82) is 0 Å². The van der Waals surface area contributed by atoms with Crippen molar-refractivity contribution in [2.24, 2.45) is 0 Å². The summed E-state index contributed by atoms with van der Waals surface area (Å²) >= 11 is 0. The summed E-state index contributed by atoms with van der Waals surface area (Å²) in [5.41, 5.74) is 13.6. The first-order chi connectivity index (χ1) is 28.3. The van der Waals surface area contributed by atoms with Crippen LogP contribution in [0.3, 0.4) is 0 Å². The minimum atomic E-state index is 0.701. The van der Waals surface area contributed by atoms with E-state index < -0.39 is 0 Å². The largest absolute Gasteiger partial charge is 0.309 e. The van der Waals surface area contributed by atoms with Crippen LogP contribution in [-0.4, -0.2) is 19.5 Å². The molecule has 0 saturated carbocycles. The third-order valence-corrected chi connectivity index (χ3v) is 11.0. The molecule has 8 aromatic carbocycles. The molecule has 0 saturated heterocycles. The van der Waals surface area contributed by atoms with E-state index in [9.17, 15) is 0 Å². The summed E-state index contributed by atoms with van der Waals surface area (Å²) in [5, 5.41) is 5.83. The van der Waals surface area contributed by atoms with E-state index in [1.807, 2.05) is 24.3 Å². The molecule has 0 aliphatic heterocycles. The van der Waals surface area contributed by atoms with Crippen LogP contribution in [0, 0.1) is 0 Å². The molecule has 3 aromatic heterocycles. The normalized spacial score (nSPS) is 11.5. The van der Waals surface area contributed by atoms with Crippen LogP contribution < -0.4 is 0 Å². The standard InChI is InChI=1S/C53H34N4/c1-5-17-35(18-6-1)47-34-48(56-53(55-47)37-21-9-3-10-22-37)41-26-14-13-25-40(41)38-29-32-49-45(33-38)42-30-31-44-50(52(42)57(49)39-23-11-4-12-24-39)43-27-15-16-28-46(43)54-51(44)36-19-7-2-8-20-36/h1-34H. The minimum Gasteiger partial charge on any atom is -0.309 e. The average Bonchev–Trinajstić information content (AvgIpc) is 3.63. The van der Waals surface area contributed by atoms with Gasteiger partial charge in [0.2, 0.25) is 0 Å². The molecule has 4 nitrogen and oxygen atoms in total. The van der Waals surface area contributed by atoms with Gasteiger partial charge in [-0.15, -0.1) is 0 Å². The monoisotopic (exact) mass is 726 g/mol. The molecule has 0 aliphatic carbocycles. The van der Waals surface area contributed by atoms with Gasteiger partial charge < -0.3 is 4.57 Å². The van der Waals surface area contributed by atoms with Gasteiger partial charge in [0.15, 0.2) is 5.82 Å². The Balaban J connectivity index is 1.18. The van der Waals surface area contributed by atoms with Gasteiger partial charge in [-0.05, 0) is 47.5 Å². The van der Waals surface area contributed by atoms with Crippen LogP contribution in [0.2, 0.25) is 0 Å². The summed E-state index contributed by atoms with van der Waals surface area (Å²) in [4.78, 5) is 15.5. The van der Waals surface area contributed by atoms with Crippen LogP contribution in [0.25, 0.3) is 105 Å². The van der Waals surface area contributed by atoms with Crippen LogP contribution >= 0.6 is 0 Å². The van der Waals surface area contributed by atoms with Gasteiger partial charge in [-0.1, -0.05) is 170 Å². The van der Waals surface area contributed by atoms with Crippen molar-refractivity contribution in [1.82, 2.24) is 19.5 Å². The fraction of sp³-hybridized carbons (Fsp3) is 0. The molecule has 0 bridgehead atoms. The average molecular weight is 727 g/mol. The fourth-order valence-electron chi connectivity index (χ4n) is 8.39. The van der Waals surface area contributed by atoms with Gasteiger partial charge in [-0.2, -0.15) is 0 Å². The van der Waals surface area contributed by atoms with Gasteiger partial charge in [0.05, 0.1) is 33.6 Å². The molecule has 0 atom stereocenters. The number of rotatable bonds is 6. The van der Waals surface area contributed by atoms with Gasteiger partial charge >= 0.3 is 0 Å². The van der Waals surface area contributed by atoms with Gasteiger partial charge in [0.25, 0.3) is 0 Å². The zero-order valence-electron chi connectivity index (χ0n) is 30.9. The molecule has 0 fully saturated rings. The number of hydrogen-bond donors (Lipinski definition) is 0. The molecule has 0 unspecified atom stereocenters. The number of benzene rings is 8. The van der Waals surface area contributed by atoms with Crippen molar-refractivity contribution >= 4 is 43.5 Å². The van der Waals surface area contributed by atoms with Crippen molar-refractivity contribution in [3.8, 4) is 62.0 Å². The molecular weight excluding hydrogens is 693 g/mol. The second kappa shape index (κ2) is 13.6. The SMILES string of the molecule is c1ccc(-c2cc(-c3ccccc3-c3ccc4c(c3)c3ccc5c(-c6ccccc6)nc6ccccc6c5c3n4-c3ccccc3)nc(-c3ccccc3)n2)cc1. The zero-order valence-corrected chi connectivity index (χ0v) is 30.9. The Morgan fingerprint density at radius 2 is 0.947 bits per heavy atom. The second-order valence-corrected chi connectivity index (χ2v) is 14.4. The lowest BCUT2D eigenvalue weighted by Crippen LogP contribution is -1.97. The van der Waals surface area contributed by atoms with Crippen molar-refractivity contribution in [2.75, 3.05) is 0 Å². The number of hydrogen-bond acceptors (Lipinski definition) is 3. The third kappa shape index (κ3) is 5.58. The highest BCUT2D eigenvalue weighted by Crippen LogP contribution is 2.44. The smallest absolute Gasteiger partial charge is 0.160 e. The molecule has 0 N–H and O–H groups in total. The molecule has 4 heteroatoms. The first kappa shape index (κ1) is 32.7. The first-order valence-electron chi connectivity index (χ1n) is 19.3. The van der Waals surface area contributed by atoms with Crippen LogP contribution in [0.5, 0.6) is 0 Å². The second-order valence-electron chi connectivity index (χ2n) is 14.4. The first-order valence-corrected chi connectivity index (χ1v) is 19.3. The van der Waals surface area contributed by atoms with Crippen LogP contribution in [-0.2, 0) is 0 Å². The number of para-hydroxylation sites is 2. The molecule has 57 heavy (non-hydrogen) atoms. The van der Waals surface area contributed by atoms with Crippen LogP contribution in [0.15, 0.2) is 206 Å². The maximum absolute atomic E-state index is 5.26. The third-order valence-electron chi connectivity index (χ3n) is 11.0. The highest BCUT2D eigenvalue weighted by atomic mass is 15.0. The van der Waals surface area contributed by atoms with E-state index in [0.717, 1.165) is 78.0 Å². The van der Waals surface area contributed by atoms with Crippen molar-refractivity contribution in [3.05, 3.63) is 206 Å². The molecule has 11 aromatic rings. The van der Waals surface area contributed by atoms with Gasteiger partial charge in [0, 0.05) is 54.9 Å². The fourth-order valence-corrected chi connectivity index (χ4v) is 8.39. The highest BCUT2D eigenvalue weighted by Gasteiger charge is 2.21. The lowest BCUT2D eigenvalue weighted by molar-refractivity contribution is 1.18. The van der Waals surface area contributed by atoms with Gasteiger partial charge in [-0.25, -0.2) is 15.0 Å². The van der Waals surface area contributed by atoms with Gasteiger partial charge in [0.1, 0.15) is 0 Å². The Labute approximate surface area is 330 Å². The molecule has 3 heterocycles. The summed E-state index contributed by atoms with van der Waals surface area (Å²) in [6.07, 6.45) is 0. The maximum Gasteiger partial charge on any atom is 0.160 e. The molecule has 0 amide bonds. The van der Waals surface area contributed by atoms with Crippen molar-refractivity contribution in [2.45, 2.75) is 0 Å². The Morgan fingerprint density at radius 3 is 1.70 bits per heavy atom. The topological polar surface area (TPSA) is 43.6 Å². The summed E-state index contributed by atoms with van der Waals surface area (Å²) < 4.78 is 2.44. The maximum atomic E-state index is 5.26. The number of pyridine rings is 1. The molecule has 0 radical (unpaired) electrons. The zero-order chi connectivity index (χ0) is 37.7. The summed E-state index contributed by atoms with van der Waals surface area (Å²) in [7, 11) is 0. The van der Waals surface area contributed by atoms with Crippen molar-refractivity contribution < 1.29 is 0 Å². The Kier molecular flexibility index (Phi) is 7.78. The molecule has 0 spiro atoms. The van der Waals surface area contributed by atoms with Crippen LogP contribution in [0.1, 0.15) is 0 Å². The Morgan fingerprint density at radius 1 is 0.351 bits per heavy atom. The molecule has 0 aliphatic rings. The molecule has 266 valence electrons. The summed E-state index contributed by atoms with van der Waals surface area (Å²) in [5.74, 6) is 0.701. The Bertz CT molecular complexity index is 3210. The number of aromatic nitrogens is 4. The summed E-state index contributed by atoms with van der Waals surface area (Å²) in [6.45, 7) is 0. The lowest BCUT2D eigenvalue weighted by Gasteiger charge is -2.14. The van der Waals surface area contributed by atoms with E-state index in [1.165, 1.54) is 21.7 Å². The van der Waals surface area contributed by atoms with E-state index in [0.29, 0.717) is 5.82 Å². The lowest BCUT2D eigenvalue weighted by atomic mass is 9.94. The van der Waals surface area contributed by atoms with E-state index >= 15 is 0 Å². The highest BCUT2D eigenvalue weighted by molar-refractivity contribution is 6.27. The number of nitrogens with zero attached hydrogens (tertiary/aromatic N) is 4. The van der Waals surface area contributed by atoms with E-state index in [4.69, 9.17) is 15.0 Å². The minimum absolute atomic E-state index is 0.701. The van der Waals surface area contributed by atoms with E-state index in [1.54, 1.807) is 0 Å². The van der Waals surface area contributed by atoms with Gasteiger partial charge in [-0.3, -0.25) is 0 Å². The quantitative estimate of drug-likeness (QED) is 0.160. The number of fused-ring (bicyclic) bond motifs is 7. The Hall–Kier alpha value is -7.69. The van der Waals surface area contributed by atoms with E-state index in [-0.39, 0.29) is 0 Å². The van der Waals surface area contributed by atoms with Crippen molar-refractivity contribution in [3.63, 3.8) is 0 Å². The van der Waals surface area contributed by atoms with Crippen LogP contribution in [0.4, 0.5) is 0 Å². The predicted molar refractivity (Wildman–Crippen MR) is 236 cm³/mol.